The molecule has 3 aromatic heterocycles. The van der Waals surface area contributed by atoms with E-state index >= 15 is 0 Å². The van der Waals surface area contributed by atoms with Crippen molar-refractivity contribution in [3.63, 3.8) is 0 Å². The Balaban J connectivity index is 1.34. The number of nitrogens with one attached hydrogen (secondary N) is 1. The number of aromatic nitrogens is 5. The van der Waals surface area contributed by atoms with E-state index in [1.165, 1.54) is 11.4 Å². The van der Waals surface area contributed by atoms with Gasteiger partial charge in [-0.05, 0) is 56.0 Å². The minimum atomic E-state index is -3.44. The summed E-state index contributed by atoms with van der Waals surface area (Å²) in [6.45, 7) is 5.01. The van der Waals surface area contributed by atoms with Gasteiger partial charge in [-0.25, -0.2) is 13.4 Å². The van der Waals surface area contributed by atoms with Crippen molar-refractivity contribution in [1.82, 2.24) is 29.0 Å². The maximum Gasteiger partial charge on any atom is 0.275 e. The molecule has 2 aliphatic heterocycles. The molecule has 11 nitrogen and oxygen atoms in total. The fourth-order valence-electron chi connectivity index (χ4n) is 4.71. The van der Waals surface area contributed by atoms with Crippen LogP contribution in [0.5, 0.6) is 0 Å². The maximum atomic E-state index is 13.0. The van der Waals surface area contributed by atoms with Gasteiger partial charge in [0.25, 0.3) is 5.91 Å². The highest BCUT2D eigenvalue weighted by Gasteiger charge is 2.34. The molecule has 5 heterocycles. The van der Waals surface area contributed by atoms with Gasteiger partial charge in [0, 0.05) is 38.4 Å². The van der Waals surface area contributed by atoms with E-state index in [1.54, 1.807) is 18.3 Å². The van der Waals surface area contributed by atoms with Crippen molar-refractivity contribution in [2.75, 3.05) is 31.3 Å². The van der Waals surface area contributed by atoms with Crippen molar-refractivity contribution in [3.05, 3.63) is 53.1 Å². The lowest BCUT2D eigenvalue weighted by Crippen LogP contribution is -2.38. The topological polar surface area (TPSA) is 132 Å². The number of amides is 1. The minimum absolute atomic E-state index is 0.0777. The van der Waals surface area contributed by atoms with E-state index < -0.39 is 15.9 Å². The van der Waals surface area contributed by atoms with Gasteiger partial charge in [0.2, 0.25) is 10.0 Å². The summed E-state index contributed by atoms with van der Waals surface area (Å²) >= 11 is 0. The van der Waals surface area contributed by atoms with Crippen LogP contribution in [0.25, 0.3) is 11.5 Å². The second kappa shape index (κ2) is 9.34. The lowest BCUT2D eigenvalue weighted by Gasteiger charge is -2.28. The number of carbonyl (C=O) groups is 1. The van der Waals surface area contributed by atoms with Crippen molar-refractivity contribution in [1.29, 1.82) is 0 Å². The molecule has 3 aromatic rings. The number of anilines is 1. The molecule has 1 N–H and O–H groups in total. The Labute approximate surface area is 210 Å². The van der Waals surface area contributed by atoms with Gasteiger partial charge >= 0.3 is 0 Å². The van der Waals surface area contributed by atoms with E-state index in [0.29, 0.717) is 30.3 Å². The molecule has 0 saturated carbocycles. The van der Waals surface area contributed by atoms with Crippen molar-refractivity contribution >= 4 is 21.7 Å². The number of nitrogens with zero attached hydrogens (tertiary/aromatic N) is 6. The summed E-state index contributed by atoms with van der Waals surface area (Å²) in [4.78, 5) is 21.9. The Morgan fingerprint density at radius 3 is 2.83 bits per heavy atom. The fourth-order valence-corrected chi connectivity index (χ4v) is 6.05. The van der Waals surface area contributed by atoms with Crippen LogP contribution >= 0.6 is 0 Å². The predicted molar refractivity (Wildman–Crippen MR) is 133 cm³/mol. The molecule has 2 aliphatic rings. The van der Waals surface area contributed by atoms with Crippen molar-refractivity contribution < 1.29 is 17.9 Å². The van der Waals surface area contributed by atoms with E-state index in [9.17, 15) is 13.2 Å². The van der Waals surface area contributed by atoms with Crippen LogP contribution in [0.4, 0.5) is 5.82 Å². The third kappa shape index (κ3) is 4.63. The summed E-state index contributed by atoms with van der Waals surface area (Å²) in [5, 5.41) is 11.5. The molecule has 5 rings (SSSR count). The Morgan fingerprint density at radius 1 is 1.19 bits per heavy atom. The molecule has 0 spiro atoms. The van der Waals surface area contributed by atoms with Gasteiger partial charge in [-0.15, -0.1) is 10.2 Å². The number of methoxy groups -OCH3 is 1. The first-order valence-corrected chi connectivity index (χ1v) is 13.5. The molecule has 12 heteroatoms. The van der Waals surface area contributed by atoms with E-state index in [2.05, 4.69) is 43.9 Å². The van der Waals surface area contributed by atoms with Crippen molar-refractivity contribution in [3.8, 4) is 11.5 Å². The standard InChI is InChI=1S/C24H29N7O4S/c1-24(2)9-7-21-28-29-22(31(21)24)18-5-4-6-20(26-18)27-23(32)19-13-17-15-30(10-8-16(17)14-25-19)36(33,34)12-11-35-3/h4-6,13-14H,7-12,15H2,1-3H3,(H,26,27,32). The van der Waals surface area contributed by atoms with Crippen LogP contribution in [-0.2, 0) is 39.7 Å². The first-order valence-electron chi connectivity index (χ1n) is 11.9. The van der Waals surface area contributed by atoms with E-state index in [4.69, 9.17) is 4.74 Å². The summed E-state index contributed by atoms with van der Waals surface area (Å²) in [5.41, 5.74) is 2.42. The number of pyridine rings is 2. The zero-order chi connectivity index (χ0) is 25.5. The Morgan fingerprint density at radius 2 is 2.03 bits per heavy atom. The highest BCUT2D eigenvalue weighted by Crippen LogP contribution is 2.35. The molecular weight excluding hydrogens is 482 g/mol. The summed E-state index contributed by atoms with van der Waals surface area (Å²) < 4.78 is 33.6. The van der Waals surface area contributed by atoms with Crippen LogP contribution < -0.4 is 5.32 Å². The van der Waals surface area contributed by atoms with Crippen LogP contribution in [-0.4, -0.2) is 69.4 Å². The van der Waals surface area contributed by atoms with Crippen molar-refractivity contribution in [2.45, 2.75) is 45.2 Å². The third-order valence-corrected chi connectivity index (χ3v) is 8.53. The molecule has 0 radical (unpaired) electrons. The third-order valence-electron chi connectivity index (χ3n) is 6.75. The Hall–Kier alpha value is -3.22. The van der Waals surface area contributed by atoms with Crippen LogP contribution in [0.2, 0.25) is 0 Å². The van der Waals surface area contributed by atoms with Crippen LogP contribution in [0.3, 0.4) is 0 Å². The highest BCUT2D eigenvalue weighted by atomic mass is 32.2. The minimum Gasteiger partial charge on any atom is -0.384 e. The number of aryl methyl sites for hydroxylation is 1. The van der Waals surface area contributed by atoms with Gasteiger partial charge in [-0.3, -0.25) is 9.78 Å². The average Bonchev–Trinajstić information content (AvgIpc) is 3.43. The number of sulfonamides is 1. The number of rotatable bonds is 7. The van der Waals surface area contributed by atoms with Gasteiger partial charge in [0.1, 0.15) is 23.0 Å². The summed E-state index contributed by atoms with van der Waals surface area (Å²) in [6.07, 6.45) is 4.04. The number of hydrogen-bond donors (Lipinski definition) is 1. The van der Waals surface area contributed by atoms with Gasteiger partial charge < -0.3 is 14.6 Å². The molecule has 0 saturated heterocycles. The summed E-state index contributed by atoms with van der Waals surface area (Å²) in [6, 6.07) is 7.01. The highest BCUT2D eigenvalue weighted by molar-refractivity contribution is 7.89. The zero-order valence-corrected chi connectivity index (χ0v) is 21.4. The molecule has 0 aliphatic carbocycles. The average molecular weight is 512 g/mol. The summed E-state index contributed by atoms with van der Waals surface area (Å²) in [5.74, 6) is 1.47. The van der Waals surface area contributed by atoms with E-state index in [-0.39, 0.29) is 30.1 Å². The molecule has 1 amide bonds. The normalized spacial score (nSPS) is 17.0. The lowest BCUT2D eigenvalue weighted by molar-refractivity contribution is 0.102. The lowest BCUT2D eigenvalue weighted by atomic mass is 10.0. The van der Waals surface area contributed by atoms with Crippen molar-refractivity contribution in [2.24, 2.45) is 0 Å². The van der Waals surface area contributed by atoms with Gasteiger partial charge in [-0.2, -0.15) is 4.31 Å². The monoisotopic (exact) mass is 511 g/mol. The van der Waals surface area contributed by atoms with Crippen LogP contribution in [0.15, 0.2) is 30.5 Å². The first-order chi connectivity index (χ1) is 17.2. The smallest absolute Gasteiger partial charge is 0.275 e. The molecule has 0 bridgehead atoms. The number of hydrogen-bond acceptors (Lipinski definition) is 8. The number of carbonyl (C=O) groups excluding carboxylic acids is 1. The first kappa shape index (κ1) is 24.5. The molecule has 0 atom stereocenters. The van der Waals surface area contributed by atoms with Crippen LogP contribution in [0.1, 0.15) is 47.7 Å². The molecule has 0 aromatic carbocycles. The molecule has 190 valence electrons. The van der Waals surface area contributed by atoms with Gasteiger partial charge in [0.05, 0.1) is 12.4 Å². The maximum absolute atomic E-state index is 13.0. The largest absolute Gasteiger partial charge is 0.384 e. The second-order valence-electron chi connectivity index (χ2n) is 9.68. The molecule has 0 unspecified atom stereocenters. The quantitative estimate of drug-likeness (QED) is 0.509. The Kier molecular flexibility index (Phi) is 6.35. The predicted octanol–water partition coefficient (Wildman–Crippen LogP) is 2.00. The molecule has 0 fully saturated rings. The van der Waals surface area contributed by atoms with E-state index in [1.807, 2.05) is 12.1 Å². The van der Waals surface area contributed by atoms with Gasteiger partial charge in [-0.1, -0.05) is 6.07 Å². The molecular formula is C24H29N7O4S. The zero-order valence-electron chi connectivity index (χ0n) is 20.6. The Bertz CT molecular complexity index is 1420. The molecule has 36 heavy (non-hydrogen) atoms. The van der Waals surface area contributed by atoms with E-state index in [0.717, 1.165) is 29.8 Å². The second-order valence-corrected chi connectivity index (χ2v) is 11.8. The fraction of sp³-hybridized carbons (Fsp3) is 0.458. The van der Waals surface area contributed by atoms with Gasteiger partial charge in [0.15, 0.2) is 5.82 Å². The SMILES string of the molecule is COCCS(=O)(=O)N1CCc2cnc(C(=O)Nc3cccc(-c4nnc5n4C(C)(C)CC5)n3)cc2C1. The number of ether oxygens (including phenoxy) is 1. The number of fused-ring (bicyclic) bond motifs is 2. The van der Waals surface area contributed by atoms with Crippen LogP contribution in [0, 0.1) is 0 Å². The summed E-state index contributed by atoms with van der Waals surface area (Å²) in [7, 11) is -1.97.